The van der Waals surface area contributed by atoms with Gasteiger partial charge < -0.3 is 11.1 Å². The van der Waals surface area contributed by atoms with Gasteiger partial charge in [0, 0.05) is 21.1 Å². The maximum atomic E-state index is 5.72. The quantitative estimate of drug-likeness (QED) is 0.846. The second kappa shape index (κ2) is 5.12. The summed E-state index contributed by atoms with van der Waals surface area (Å²) in [6.45, 7) is 2.01. The Morgan fingerprint density at radius 3 is 2.88 bits per heavy atom. The van der Waals surface area contributed by atoms with Crippen LogP contribution in [0, 0.1) is 6.92 Å². The van der Waals surface area contributed by atoms with Gasteiger partial charge in [-0.1, -0.05) is 18.3 Å². The molecule has 0 aliphatic rings. The van der Waals surface area contributed by atoms with Crippen molar-refractivity contribution in [2.45, 2.75) is 6.92 Å². The van der Waals surface area contributed by atoms with Gasteiger partial charge in [0.15, 0.2) is 5.13 Å². The molecule has 0 fully saturated rings. The number of anilines is 2. The van der Waals surface area contributed by atoms with Gasteiger partial charge in [-0.25, -0.2) is 4.98 Å². The smallest absolute Gasteiger partial charge is 0.187 e. The van der Waals surface area contributed by atoms with Crippen LogP contribution < -0.4 is 11.1 Å². The normalized spacial score (nSPS) is 10.2. The summed E-state index contributed by atoms with van der Waals surface area (Å²) in [6, 6.07) is 5.76. The highest BCUT2D eigenvalue weighted by Gasteiger charge is 2.10. The Balaban J connectivity index is 2.39. The fourth-order valence-corrected chi connectivity index (χ4v) is 3.01. The zero-order valence-electron chi connectivity index (χ0n) is 9.03. The minimum atomic E-state index is 0.355. The Hall–Kier alpha value is -0.980. The van der Waals surface area contributed by atoms with Gasteiger partial charge >= 0.3 is 0 Å². The lowest BCUT2D eigenvalue weighted by Gasteiger charge is -2.10. The molecule has 2 aromatic rings. The van der Waals surface area contributed by atoms with E-state index in [1.807, 2.05) is 31.3 Å². The number of nitrogens with two attached hydrogens (primary N) is 1. The monoisotopic (exact) mass is 327 g/mol. The molecule has 6 heteroatoms. The third-order valence-corrected chi connectivity index (χ3v) is 3.82. The lowest BCUT2D eigenvalue weighted by molar-refractivity contribution is 1.36. The van der Waals surface area contributed by atoms with Crippen LogP contribution in [0.25, 0.3) is 0 Å². The van der Waals surface area contributed by atoms with E-state index in [0.717, 1.165) is 25.7 Å². The van der Waals surface area contributed by atoms with Gasteiger partial charge in [-0.05, 0) is 35.0 Å². The van der Waals surface area contributed by atoms with Crippen molar-refractivity contribution < 1.29 is 0 Å². The first kappa shape index (κ1) is 12.5. The van der Waals surface area contributed by atoms with Gasteiger partial charge in [0.1, 0.15) is 4.99 Å². The number of thiazole rings is 1. The largest absolute Gasteiger partial charge is 0.389 e. The van der Waals surface area contributed by atoms with Gasteiger partial charge in [-0.2, -0.15) is 0 Å². The van der Waals surface area contributed by atoms with E-state index in [0.29, 0.717) is 4.99 Å². The number of aromatic nitrogens is 1. The van der Waals surface area contributed by atoms with Crippen LogP contribution in [0.1, 0.15) is 10.4 Å². The molecule has 0 bridgehead atoms. The van der Waals surface area contributed by atoms with Crippen molar-refractivity contribution in [3.05, 3.63) is 39.3 Å². The van der Waals surface area contributed by atoms with E-state index in [2.05, 4.69) is 26.2 Å². The molecular formula is C11H10BrN3S2. The highest BCUT2D eigenvalue weighted by atomic mass is 79.9. The lowest BCUT2D eigenvalue weighted by atomic mass is 10.2. The number of nitrogens with zero attached hydrogens (tertiary/aromatic N) is 1. The maximum Gasteiger partial charge on any atom is 0.187 e. The first-order valence-electron chi connectivity index (χ1n) is 4.85. The van der Waals surface area contributed by atoms with E-state index in [1.165, 1.54) is 0 Å². The van der Waals surface area contributed by atoms with Crippen molar-refractivity contribution in [3.63, 3.8) is 0 Å². The lowest BCUT2D eigenvalue weighted by Crippen LogP contribution is -2.12. The van der Waals surface area contributed by atoms with Gasteiger partial charge in [0.05, 0.1) is 5.69 Å². The molecule has 3 N–H and O–H groups in total. The van der Waals surface area contributed by atoms with E-state index in [-0.39, 0.29) is 0 Å². The number of halogens is 1. The van der Waals surface area contributed by atoms with Gasteiger partial charge in [0.25, 0.3) is 0 Å². The summed E-state index contributed by atoms with van der Waals surface area (Å²) >= 11 is 10.1. The van der Waals surface area contributed by atoms with Gasteiger partial charge in [0.2, 0.25) is 0 Å². The summed E-state index contributed by atoms with van der Waals surface area (Å²) in [5.74, 6) is 0. The number of nitrogens with one attached hydrogen (secondary N) is 1. The Morgan fingerprint density at radius 2 is 2.29 bits per heavy atom. The third-order valence-electron chi connectivity index (χ3n) is 2.12. The molecule has 0 spiro atoms. The molecule has 0 atom stereocenters. The molecule has 0 radical (unpaired) electrons. The molecular weight excluding hydrogens is 318 g/mol. The SMILES string of the molecule is Cc1cnc(Nc2cccc(Br)c2C(N)=S)s1. The summed E-state index contributed by atoms with van der Waals surface area (Å²) in [5.41, 5.74) is 7.38. The average Bonchev–Trinajstić information content (AvgIpc) is 2.63. The van der Waals surface area contributed by atoms with Crippen molar-refractivity contribution in [2.75, 3.05) is 5.32 Å². The zero-order valence-corrected chi connectivity index (χ0v) is 12.2. The number of benzene rings is 1. The Labute approximate surface area is 117 Å². The zero-order chi connectivity index (χ0) is 12.4. The predicted molar refractivity (Wildman–Crippen MR) is 80.2 cm³/mol. The second-order valence-corrected chi connectivity index (χ2v) is 5.96. The van der Waals surface area contributed by atoms with Crippen LogP contribution in [-0.4, -0.2) is 9.97 Å². The van der Waals surface area contributed by atoms with Crippen LogP contribution in [0.5, 0.6) is 0 Å². The van der Waals surface area contributed by atoms with E-state index in [1.54, 1.807) is 11.3 Å². The summed E-state index contributed by atoms with van der Waals surface area (Å²) in [4.78, 5) is 5.76. The van der Waals surface area contributed by atoms with Crippen LogP contribution in [0.15, 0.2) is 28.9 Å². The van der Waals surface area contributed by atoms with E-state index in [9.17, 15) is 0 Å². The highest BCUT2D eigenvalue weighted by Crippen LogP contribution is 2.29. The molecule has 88 valence electrons. The molecule has 0 aliphatic carbocycles. The highest BCUT2D eigenvalue weighted by molar-refractivity contribution is 9.10. The first-order chi connectivity index (χ1) is 8.08. The van der Waals surface area contributed by atoms with Crippen LogP contribution >= 0.6 is 39.5 Å². The van der Waals surface area contributed by atoms with E-state index >= 15 is 0 Å². The number of hydrogen-bond donors (Lipinski definition) is 2. The van der Waals surface area contributed by atoms with Crippen LogP contribution in [0.2, 0.25) is 0 Å². The molecule has 0 saturated heterocycles. The first-order valence-corrected chi connectivity index (χ1v) is 6.87. The maximum absolute atomic E-state index is 5.72. The second-order valence-electron chi connectivity index (χ2n) is 3.43. The van der Waals surface area contributed by atoms with E-state index in [4.69, 9.17) is 18.0 Å². The molecule has 3 nitrogen and oxygen atoms in total. The van der Waals surface area contributed by atoms with Crippen molar-refractivity contribution >= 4 is 55.3 Å². The van der Waals surface area contributed by atoms with Crippen molar-refractivity contribution in [1.82, 2.24) is 4.98 Å². The summed E-state index contributed by atoms with van der Waals surface area (Å²) in [7, 11) is 0. The molecule has 2 rings (SSSR count). The number of aryl methyl sites for hydroxylation is 1. The minimum absolute atomic E-state index is 0.355. The van der Waals surface area contributed by atoms with Crippen molar-refractivity contribution in [2.24, 2.45) is 5.73 Å². The van der Waals surface area contributed by atoms with Crippen molar-refractivity contribution in [1.29, 1.82) is 0 Å². The molecule has 1 heterocycles. The molecule has 0 aliphatic heterocycles. The number of hydrogen-bond acceptors (Lipinski definition) is 4. The van der Waals surface area contributed by atoms with Gasteiger partial charge in [-0.3, -0.25) is 0 Å². The molecule has 0 saturated carbocycles. The molecule has 1 aromatic heterocycles. The minimum Gasteiger partial charge on any atom is -0.389 e. The summed E-state index contributed by atoms with van der Waals surface area (Å²) < 4.78 is 0.878. The predicted octanol–water partition coefficient (Wildman–Crippen LogP) is 3.59. The molecule has 17 heavy (non-hydrogen) atoms. The standard InChI is InChI=1S/C11H10BrN3S2/c1-6-5-14-11(17-6)15-8-4-2-3-7(12)9(8)10(13)16/h2-5H,1H3,(H2,13,16)(H,14,15). The summed E-state index contributed by atoms with van der Waals surface area (Å²) in [5, 5.41) is 4.06. The third kappa shape index (κ3) is 2.83. The topological polar surface area (TPSA) is 50.9 Å². The van der Waals surface area contributed by atoms with Crippen LogP contribution in [-0.2, 0) is 0 Å². The fraction of sp³-hybridized carbons (Fsp3) is 0.0909. The summed E-state index contributed by atoms with van der Waals surface area (Å²) in [6.07, 6.45) is 1.82. The van der Waals surface area contributed by atoms with Gasteiger partial charge in [-0.15, -0.1) is 11.3 Å². The van der Waals surface area contributed by atoms with E-state index < -0.39 is 0 Å². The average molecular weight is 328 g/mol. The Kier molecular flexibility index (Phi) is 3.76. The fourth-order valence-electron chi connectivity index (χ4n) is 1.41. The van der Waals surface area contributed by atoms with Crippen LogP contribution in [0.3, 0.4) is 0 Å². The molecule has 0 amide bonds. The van der Waals surface area contributed by atoms with Crippen LogP contribution in [0.4, 0.5) is 10.8 Å². The number of thiocarbonyl (C=S) groups is 1. The number of rotatable bonds is 3. The Bertz CT molecular complexity index is 566. The molecule has 0 unspecified atom stereocenters. The molecule has 1 aromatic carbocycles. The Morgan fingerprint density at radius 1 is 1.53 bits per heavy atom. The van der Waals surface area contributed by atoms with Crippen molar-refractivity contribution in [3.8, 4) is 0 Å².